The molecule has 0 aliphatic carbocycles. The highest BCUT2D eigenvalue weighted by Gasteiger charge is 2.23. The summed E-state index contributed by atoms with van der Waals surface area (Å²) in [5.74, 6) is -0.962. The first kappa shape index (κ1) is 14.3. The minimum absolute atomic E-state index is 0.130. The fraction of sp³-hybridized carbons (Fsp3) is 0.273. The van der Waals surface area contributed by atoms with Gasteiger partial charge in [0.05, 0.1) is 6.61 Å². The van der Waals surface area contributed by atoms with Crippen molar-refractivity contribution >= 4 is 51.5 Å². The number of alkyl halides is 1. The van der Waals surface area contributed by atoms with Crippen molar-refractivity contribution in [2.24, 2.45) is 0 Å². The van der Waals surface area contributed by atoms with Crippen molar-refractivity contribution in [1.82, 2.24) is 0 Å². The summed E-state index contributed by atoms with van der Waals surface area (Å²) in [6.45, 7) is 1.74. The molecule has 0 aromatic heterocycles. The van der Waals surface area contributed by atoms with Gasteiger partial charge in [0.1, 0.15) is 4.99 Å². The van der Waals surface area contributed by atoms with Crippen LogP contribution in [0.1, 0.15) is 6.92 Å². The van der Waals surface area contributed by atoms with E-state index in [9.17, 15) is 9.18 Å². The molecule has 0 aliphatic rings. The molecule has 0 fully saturated rings. The molecule has 1 unspecified atom stereocenters. The number of carbonyl (C=O) groups excluding carboxylic acids is 1. The maximum absolute atomic E-state index is 13.5. The molecule has 0 aliphatic heterocycles. The van der Waals surface area contributed by atoms with Gasteiger partial charge in [-0.05, 0) is 53.8 Å². The first-order valence-corrected chi connectivity index (χ1v) is 6.40. The molecule has 0 radical (unpaired) electrons. The minimum atomic E-state index is -1.93. The van der Waals surface area contributed by atoms with Crippen LogP contribution in [0.2, 0.25) is 0 Å². The monoisotopic (exact) mass is 367 g/mol. The minimum Gasteiger partial charge on any atom is -0.464 e. The number of carbonyl (C=O) groups is 1. The lowest BCUT2D eigenvalue weighted by Crippen LogP contribution is -2.31. The highest BCUT2D eigenvalue weighted by Crippen LogP contribution is 2.12. The van der Waals surface area contributed by atoms with Gasteiger partial charge in [-0.15, -0.1) is 0 Å². The lowest BCUT2D eigenvalue weighted by Gasteiger charge is -2.11. The fourth-order valence-corrected chi connectivity index (χ4v) is 1.63. The molecule has 1 atom stereocenters. The van der Waals surface area contributed by atoms with E-state index in [4.69, 9.17) is 12.2 Å². The topological polar surface area (TPSA) is 38.3 Å². The second-order valence-electron chi connectivity index (χ2n) is 3.11. The van der Waals surface area contributed by atoms with E-state index in [1.165, 1.54) is 0 Å². The van der Waals surface area contributed by atoms with Gasteiger partial charge in [-0.1, -0.05) is 12.2 Å². The Balaban J connectivity index is 2.59. The third-order valence-electron chi connectivity index (χ3n) is 1.84. The number of esters is 1. The molecule has 0 saturated carbocycles. The van der Waals surface area contributed by atoms with Crippen LogP contribution in [0.3, 0.4) is 0 Å². The first-order valence-electron chi connectivity index (χ1n) is 4.91. The van der Waals surface area contributed by atoms with Crippen LogP contribution in [0.4, 0.5) is 10.1 Å². The molecule has 6 heteroatoms. The maximum Gasteiger partial charge on any atom is 0.347 e. The first-order chi connectivity index (χ1) is 8.04. The van der Waals surface area contributed by atoms with Crippen LogP contribution in [0.15, 0.2) is 24.3 Å². The molecule has 1 rings (SSSR count). The van der Waals surface area contributed by atoms with Gasteiger partial charge in [0.15, 0.2) is 0 Å². The predicted octanol–water partition coefficient (Wildman–Crippen LogP) is 2.93. The van der Waals surface area contributed by atoms with Gasteiger partial charge in [-0.25, -0.2) is 9.18 Å². The number of ether oxygens (including phenoxy) is 1. The Morgan fingerprint density at radius 3 is 2.65 bits per heavy atom. The van der Waals surface area contributed by atoms with Gasteiger partial charge in [0.2, 0.25) is 6.17 Å². The molecule has 1 aromatic rings. The summed E-state index contributed by atoms with van der Waals surface area (Å²) in [5, 5.41) is 2.66. The van der Waals surface area contributed by atoms with Crippen LogP contribution in [0, 0.1) is 3.57 Å². The Bertz CT molecular complexity index is 410. The van der Waals surface area contributed by atoms with Gasteiger partial charge in [0, 0.05) is 9.26 Å². The second kappa shape index (κ2) is 6.85. The molecule has 92 valence electrons. The Hall–Kier alpha value is -0.760. The van der Waals surface area contributed by atoms with Gasteiger partial charge >= 0.3 is 5.97 Å². The number of anilines is 1. The standard InChI is InChI=1S/C11H11FINO2S/c1-2-16-11(15)9(12)10(17)14-8-5-3-7(13)4-6-8/h3-6,9H,2H2,1H3,(H,14,17). The van der Waals surface area contributed by atoms with E-state index in [1.807, 2.05) is 12.1 Å². The Labute approximate surface area is 118 Å². The molecule has 1 aromatic carbocycles. The normalized spacial score (nSPS) is 11.7. The van der Waals surface area contributed by atoms with Crippen molar-refractivity contribution in [3.8, 4) is 0 Å². The SMILES string of the molecule is CCOC(=O)C(F)C(=S)Nc1ccc(I)cc1. The summed E-state index contributed by atoms with van der Waals surface area (Å²) in [6, 6.07) is 7.21. The molecular formula is C11H11FINO2S. The van der Waals surface area contributed by atoms with Gasteiger partial charge in [-0.3, -0.25) is 0 Å². The fourth-order valence-electron chi connectivity index (χ4n) is 1.06. The number of hydrogen-bond acceptors (Lipinski definition) is 3. The van der Waals surface area contributed by atoms with E-state index in [0.29, 0.717) is 5.69 Å². The smallest absolute Gasteiger partial charge is 0.347 e. The molecule has 17 heavy (non-hydrogen) atoms. The molecule has 1 N–H and O–H groups in total. The lowest BCUT2D eigenvalue weighted by atomic mass is 10.3. The zero-order valence-electron chi connectivity index (χ0n) is 9.07. The lowest BCUT2D eigenvalue weighted by molar-refractivity contribution is -0.146. The summed E-state index contributed by atoms with van der Waals surface area (Å²) in [6.07, 6.45) is -1.93. The molecule has 3 nitrogen and oxygen atoms in total. The zero-order valence-corrected chi connectivity index (χ0v) is 12.0. The zero-order chi connectivity index (χ0) is 12.8. The third kappa shape index (κ3) is 4.55. The summed E-state index contributed by atoms with van der Waals surface area (Å²) in [4.78, 5) is 10.9. The third-order valence-corrected chi connectivity index (χ3v) is 2.86. The van der Waals surface area contributed by atoms with Crippen molar-refractivity contribution in [3.05, 3.63) is 27.8 Å². The number of thiocarbonyl (C=S) groups is 1. The molecule has 0 saturated heterocycles. The molecule has 0 spiro atoms. The van der Waals surface area contributed by atoms with E-state index in [-0.39, 0.29) is 11.6 Å². The number of rotatable bonds is 4. The van der Waals surface area contributed by atoms with Crippen LogP contribution in [0.25, 0.3) is 0 Å². The van der Waals surface area contributed by atoms with E-state index in [0.717, 1.165) is 3.57 Å². The van der Waals surface area contributed by atoms with E-state index in [1.54, 1.807) is 19.1 Å². The Morgan fingerprint density at radius 1 is 1.53 bits per heavy atom. The van der Waals surface area contributed by atoms with Crippen LogP contribution < -0.4 is 5.32 Å². The predicted molar refractivity (Wildman–Crippen MR) is 76.9 cm³/mol. The highest BCUT2D eigenvalue weighted by molar-refractivity contribution is 14.1. The van der Waals surface area contributed by atoms with Crippen LogP contribution in [-0.4, -0.2) is 23.7 Å². The Kier molecular flexibility index (Phi) is 5.76. The highest BCUT2D eigenvalue weighted by atomic mass is 127. The summed E-state index contributed by atoms with van der Waals surface area (Å²) < 4.78 is 19.1. The van der Waals surface area contributed by atoms with Crippen molar-refractivity contribution < 1.29 is 13.9 Å². The number of halogens is 2. The van der Waals surface area contributed by atoms with E-state index >= 15 is 0 Å². The summed E-state index contributed by atoms with van der Waals surface area (Å²) in [5.41, 5.74) is 0.641. The average Bonchev–Trinajstić information content (AvgIpc) is 2.31. The van der Waals surface area contributed by atoms with Crippen LogP contribution in [-0.2, 0) is 9.53 Å². The van der Waals surface area contributed by atoms with Crippen molar-refractivity contribution in [2.75, 3.05) is 11.9 Å². The van der Waals surface area contributed by atoms with Crippen LogP contribution >= 0.6 is 34.8 Å². The van der Waals surface area contributed by atoms with Crippen molar-refractivity contribution in [3.63, 3.8) is 0 Å². The van der Waals surface area contributed by atoms with E-state index < -0.39 is 12.1 Å². The largest absolute Gasteiger partial charge is 0.464 e. The molecular weight excluding hydrogens is 356 g/mol. The maximum atomic E-state index is 13.5. The molecule has 0 heterocycles. The summed E-state index contributed by atoms with van der Waals surface area (Å²) in [7, 11) is 0. The van der Waals surface area contributed by atoms with E-state index in [2.05, 4.69) is 32.6 Å². The molecule has 0 amide bonds. The van der Waals surface area contributed by atoms with Gasteiger partial charge in [-0.2, -0.15) is 0 Å². The molecule has 0 bridgehead atoms. The Morgan fingerprint density at radius 2 is 2.12 bits per heavy atom. The quantitative estimate of drug-likeness (QED) is 0.505. The second-order valence-corrected chi connectivity index (χ2v) is 4.80. The number of benzene rings is 1. The van der Waals surface area contributed by atoms with Gasteiger partial charge in [0.25, 0.3) is 0 Å². The number of hydrogen-bond donors (Lipinski definition) is 1. The van der Waals surface area contributed by atoms with Crippen LogP contribution in [0.5, 0.6) is 0 Å². The average molecular weight is 367 g/mol. The number of nitrogens with one attached hydrogen (secondary N) is 1. The van der Waals surface area contributed by atoms with Crippen molar-refractivity contribution in [2.45, 2.75) is 13.1 Å². The van der Waals surface area contributed by atoms with Crippen molar-refractivity contribution in [1.29, 1.82) is 0 Å². The van der Waals surface area contributed by atoms with Gasteiger partial charge < -0.3 is 10.1 Å². The summed E-state index contributed by atoms with van der Waals surface area (Å²) >= 11 is 6.95.